The lowest BCUT2D eigenvalue weighted by molar-refractivity contribution is 0.248. The van der Waals surface area contributed by atoms with Crippen molar-refractivity contribution >= 4 is 17.3 Å². The van der Waals surface area contributed by atoms with Crippen molar-refractivity contribution in [2.45, 2.75) is 47.1 Å². The number of halogens is 1. The Morgan fingerprint density at radius 3 is 2.71 bits per heavy atom. The SMILES string of the molecule is CC(C)Cn1ncc(NCC(C)(C)CCCO)c(Cl)c1=O. The first-order valence-corrected chi connectivity index (χ1v) is 7.75. The van der Waals surface area contributed by atoms with E-state index in [1.165, 1.54) is 4.68 Å². The van der Waals surface area contributed by atoms with E-state index < -0.39 is 0 Å². The van der Waals surface area contributed by atoms with Crippen molar-refractivity contribution in [3.8, 4) is 0 Å². The molecule has 2 N–H and O–H groups in total. The maximum Gasteiger partial charge on any atom is 0.287 e. The van der Waals surface area contributed by atoms with Crippen LogP contribution in [0.1, 0.15) is 40.5 Å². The first-order chi connectivity index (χ1) is 9.76. The van der Waals surface area contributed by atoms with Crippen LogP contribution in [-0.2, 0) is 6.54 Å². The van der Waals surface area contributed by atoms with Crippen LogP contribution in [-0.4, -0.2) is 28.0 Å². The highest BCUT2D eigenvalue weighted by Crippen LogP contribution is 2.24. The number of nitrogens with one attached hydrogen (secondary N) is 1. The second kappa shape index (κ2) is 7.80. The van der Waals surface area contributed by atoms with Crippen molar-refractivity contribution in [2.24, 2.45) is 11.3 Å². The summed E-state index contributed by atoms with van der Waals surface area (Å²) in [5.41, 5.74) is 0.320. The minimum absolute atomic E-state index is 0.0128. The number of aromatic nitrogens is 2. The van der Waals surface area contributed by atoms with Crippen molar-refractivity contribution in [3.63, 3.8) is 0 Å². The van der Waals surface area contributed by atoms with E-state index >= 15 is 0 Å². The van der Waals surface area contributed by atoms with E-state index in [0.29, 0.717) is 24.7 Å². The summed E-state index contributed by atoms with van der Waals surface area (Å²) in [5, 5.41) is 16.4. The minimum atomic E-state index is -0.261. The van der Waals surface area contributed by atoms with Gasteiger partial charge in [0.15, 0.2) is 0 Å². The summed E-state index contributed by atoms with van der Waals surface area (Å²) in [6.45, 7) is 9.68. The van der Waals surface area contributed by atoms with Crippen LogP contribution in [0.4, 0.5) is 5.69 Å². The third kappa shape index (κ3) is 5.67. The van der Waals surface area contributed by atoms with Gasteiger partial charge in [-0.25, -0.2) is 4.68 Å². The smallest absolute Gasteiger partial charge is 0.287 e. The van der Waals surface area contributed by atoms with Crippen LogP contribution in [0.15, 0.2) is 11.0 Å². The van der Waals surface area contributed by atoms with Gasteiger partial charge in [-0.1, -0.05) is 39.3 Å². The van der Waals surface area contributed by atoms with Crippen LogP contribution in [0.2, 0.25) is 5.02 Å². The van der Waals surface area contributed by atoms with Crippen LogP contribution in [0.5, 0.6) is 0 Å². The molecule has 0 saturated carbocycles. The first kappa shape index (κ1) is 18.0. The molecule has 0 atom stereocenters. The predicted molar refractivity (Wildman–Crippen MR) is 86.9 cm³/mol. The van der Waals surface area contributed by atoms with Gasteiger partial charge in [0.1, 0.15) is 5.02 Å². The van der Waals surface area contributed by atoms with Crippen molar-refractivity contribution in [2.75, 3.05) is 18.5 Å². The number of anilines is 1. The number of aliphatic hydroxyl groups excluding tert-OH is 1. The fourth-order valence-electron chi connectivity index (χ4n) is 2.04. The van der Waals surface area contributed by atoms with Crippen LogP contribution >= 0.6 is 11.6 Å². The lowest BCUT2D eigenvalue weighted by atomic mass is 9.88. The van der Waals surface area contributed by atoms with Crippen LogP contribution < -0.4 is 10.9 Å². The second-order valence-corrected chi connectivity index (χ2v) is 6.98. The van der Waals surface area contributed by atoms with Crippen molar-refractivity contribution in [1.29, 1.82) is 0 Å². The topological polar surface area (TPSA) is 67.2 Å². The van der Waals surface area contributed by atoms with Gasteiger partial charge in [0.25, 0.3) is 5.56 Å². The fraction of sp³-hybridized carbons (Fsp3) is 0.733. The predicted octanol–water partition coefficient (Wildman–Crippen LogP) is 2.76. The summed E-state index contributed by atoms with van der Waals surface area (Å²) in [7, 11) is 0. The molecule has 0 aromatic carbocycles. The number of hydrogen-bond donors (Lipinski definition) is 2. The molecule has 0 aliphatic carbocycles. The average molecular weight is 316 g/mol. The van der Waals surface area contributed by atoms with E-state index in [-0.39, 0.29) is 22.6 Å². The zero-order chi connectivity index (χ0) is 16.0. The van der Waals surface area contributed by atoms with E-state index in [9.17, 15) is 4.79 Å². The summed E-state index contributed by atoms with van der Waals surface area (Å²) in [4.78, 5) is 12.1. The van der Waals surface area contributed by atoms with Gasteiger partial charge in [-0.05, 0) is 24.2 Å². The van der Waals surface area contributed by atoms with Gasteiger partial charge in [-0.3, -0.25) is 4.79 Å². The largest absolute Gasteiger partial charge is 0.396 e. The Hall–Kier alpha value is -1.07. The number of aliphatic hydroxyl groups is 1. The number of hydrogen-bond acceptors (Lipinski definition) is 4. The molecule has 0 amide bonds. The van der Waals surface area contributed by atoms with Crippen LogP contribution in [0, 0.1) is 11.3 Å². The molecule has 5 nitrogen and oxygen atoms in total. The summed E-state index contributed by atoms with van der Waals surface area (Å²) >= 11 is 6.14. The molecule has 21 heavy (non-hydrogen) atoms. The normalized spacial score (nSPS) is 12.0. The Kier molecular flexibility index (Phi) is 6.68. The molecule has 6 heteroatoms. The molecule has 0 aliphatic rings. The average Bonchev–Trinajstić information content (AvgIpc) is 2.40. The fourth-order valence-corrected chi connectivity index (χ4v) is 2.26. The summed E-state index contributed by atoms with van der Waals surface area (Å²) in [5.74, 6) is 0.336. The molecule has 0 spiro atoms. The summed E-state index contributed by atoms with van der Waals surface area (Å²) < 4.78 is 1.40. The standard InChI is InChI=1S/C15H26ClN3O2/c1-11(2)9-19-14(21)13(16)12(8-18-19)17-10-15(3,4)6-5-7-20/h8,11,17,20H,5-7,9-10H2,1-4H3. The summed E-state index contributed by atoms with van der Waals surface area (Å²) in [6, 6.07) is 0. The Morgan fingerprint density at radius 2 is 2.14 bits per heavy atom. The van der Waals surface area contributed by atoms with Gasteiger partial charge in [0.05, 0.1) is 11.9 Å². The molecule has 120 valence electrons. The molecule has 0 radical (unpaired) electrons. The quantitative estimate of drug-likeness (QED) is 0.774. The molecule has 1 aromatic rings. The first-order valence-electron chi connectivity index (χ1n) is 7.37. The Morgan fingerprint density at radius 1 is 1.48 bits per heavy atom. The Bertz CT molecular complexity index is 512. The maximum absolute atomic E-state index is 12.1. The Balaban J connectivity index is 2.77. The van der Waals surface area contributed by atoms with Crippen LogP contribution in [0.3, 0.4) is 0 Å². The lowest BCUT2D eigenvalue weighted by Crippen LogP contribution is -2.28. The van der Waals surface area contributed by atoms with Gasteiger partial charge in [0, 0.05) is 19.7 Å². The van der Waals surface area contributed by atoms with E-state index in [0.717, 1.165) is 12.8 Å². The summed E-state index contributed by atoms with van der Waals surface area (Å²) in [6.07, 6.45) is 3.26. The van der Waals surface area contributed by atoms with Gasteiger partial charge in [-0.15, -0.1) is 0 Å². The van der Waals surface area contributed by atoms with Gasteiger partial charge < -0.3 is 10.4 Å². The molecule has 1 heterocycles. The maximum atomic E-state index is 12.1. The number of nitrogens with zero attached hydrogens (tertiary/aromatic N) is 2. The minimum Gasteiger partial charge on any atom is -0.396 e. The van der Waals surface area contributed by atoms with Crippen LogP contribution in [0.25, 0.3) is 0 Å². The van der Waals surface area contributed by atoms with Gasteiger partial charge in [-0.2, -0.15) is 5.10 Å². The third-order valence-electron chi connectivity index (χ3n) is 3.29. The lowest BCUT2D eigenvalue weighted by Gasteiger charge is -2.25. The van der Waals surface area contributed by atoms with E-state index in [2.05, 4.69) is 24.3 Å². The Labute approximate surface area is 131 Å². The monoisotopic (exact) mass is 315 g/mol. The van der Waals surface area contributed by atoms with Gasteiger partial charge >= 0.3 is 0 Å². The highest BCUT2D eigenvalue weighted by molar-refractivity contribution is 6.32. The molecule has 1 aromatic heterocycles. The second-order valence-electron chi connectivity index (χ2n) is 6.60. The van der Waals surface area contributed by atoms with Gasteiger partial charge in [0.2, 0.25) is 0 Å². The molecule has 1 rings (SSSR count). The number of rotatable bonds is 8. The van der Waals surface area contributed by atoms with Crippen molar-refractivity contribution in [1.82, 2.24) is 9.78 Å². The molecule has 0 aliphatic heterocycles. The molecule has 0 bridgehead atoms. The highest BCUT2D eigenvalue weighted by Gasteiger charge is 2.18. The highest BCUT2D eigenvalue weighted by atomic mass is 35.5. The van der Waals surface area contributed by atoms with Crippen molar-refractivity contribution in [3.05, 3.63) is 21.6 Å². The third-order valence-corrected chi connectivity index (χ3v) is 3.66. The van der Waals surface area contributed by atoms with E-state index in [1.54, 1.807) is 6.20 Å². The molecular formula is C15H26ClN3O2. The van der Waals surface area contributed by atoms with Crippen molar-refractivity contribution < 1.29 is 5.11 Å². The molecular weight excluding hydrogens is 290 g/mol. The van der Waals surface area contributed by atoms with E-state index in [1.807, 2.05) is 13.8 Å². The molecule has 0 unspecified atom stereocenters. The zero-order valence-corrected chi connectivity index (χ0v) is 14.1. The molecule has 0 saturated heterocycles. The zero-order valence-electron chi connectivity index (χ0n) is 13.3. The van der Waals surface area contributed by atoms with E-state index in [4.69, 9.17) is 16.7 Å². The molecule has 0 fully saturated rings.